The Hall–Kier alpha value is -2.56. The number of thiocarbonyl (C=S) groups is 1. The van der Waals surface area contributed by atoms with E-state index in [1.165, 1.54) is 36.4 Å². The Balaban J connectivity index is 1.95. The van der Waals surface area contributed by atoms with E-state index < -0.39 is 30.2 Å². The number of benzene rings is 2. The van der Waals surface area contributed by atoms with Gasteiger partial charge in [-0.1, -0.05) is 41.6 Å². The molecule has 11 heteroatoms. The molecule has 1 aliphatic rings. The van der Waals surface area contributed by atoms with Gasteiger partial charge in [0.15, 0.2) is 4.32 Å². The van der Waals surface area contributed by atoms with Crippen molar-refractivity contribution < 1.29 is 32.6 Å². The lowest BCUT2D eigenvalue weighted by Gasteiger charge is -2.16. The molecular formula is C19H10ClF3NO4S2-. The summed E-state index contributed by atoms with van der Waals surface area (Å²) in [5.41, 5.74) is -0.630. The molecule has 0 spiro atoms. The number of nitrogens with zero attached hydrogens (tertiary/aromatic N) is 1. The SMILES string of the molecule is O=C([O-])COc1ccc(Cl)cc1C=C1SC(=S)N(c2cccc(C(F)(F)F)c2)C1=O. The van der Waals surface area contributed by atoms with Crippen LogP contribution in [-0.4, -0.2) is 22.8 Å². The number of hydrogen-bond acceptors (Lipinski definition) is 6. The van der Waals surface area contributed by atoms with Crippen molar-refractivity contribution in [2.24, 2.45) is 0 Å². The maximum Gasteiger partial charge on any atom is 0.416 e. The van der Waals surface area contributed by atoms with E-state index in [4.69, 9.17) is 28.6 Å². The van der Waals surface area contributed by atoms with Crippen LogP contribution in [0.3, 0.4) is 0 Å². The summed E-state index contributed by atoms with van der Waals surface area (Å²) in [6.45, 7) is -0.715. The van der Waals surface area contributed by atoms with Crippen molar-refractivity contribution in [2.45, 2.75) is 6.18 Å². The van der Waals surface area contributed by atoms with Gasteiger partial charge in [-0.2, -0.15) is 13.2 Å². The Kier molecular flexibility index (Phi) is 6.39. The number of carbonyl (C=O) groups excluding carboxylic acids is 2. The summed E-state index contributed by atoms with van der Waals surface area (Å²) in [5.74, 6) is -1.94. The van der Waals surface area contributed by atoms with Crippen LogP contribution >= 0.6 is 35.6 Å². The molecule has 0 N–H and O–H groups in total. The minimum Gasteiger partial charge on any atom is -0.546 e. The van der Waals surface area contributed by atoms with Gasteiger partial charge in [0.1, 0.15) is 12.4 Å². The topological polar surface area (TPSA) is 69.7 Å². The normalized spacial score (nSPS) is 15.7. The minimum atomic E-state index is -4.57. The monoisotopic (exact) mass is 472 g/mol. The van der Waals surface area contributed by atoms with Crippen LogP contribution in [0.5, 0.6) is 5.75 Å². The first kappa shape index (κ1) is 22.1. The third-order valence-corrected chi connectivity index (χ3v) is 5.37. The molecule has 30 heavy (non-hydrogen) atoms. The fraction of sp³-hybridized carbons (Fsp3) is 0.105. The number of carboxylic acid groups (broad SMARTS) is 1. The van der Waals surface area contributed by atoms with Gasteiger partial charge in [-0.3, -0.25) is 9.69 Å². The summed E-state index contributed by atoms with van der Waals surface area (Å²) >= 11 is 12.0. The first-order valence-corrected chi connectivity index (χ1v) is 9.74. The van der Waals surface area contributed by atoms with E-state index in [-0.39, 0.29) is 20.7 Å². The van der Waals surface area contributed by atoms with Crippen molar-refractivity contribution in [3.63, 3.8) is 0 Å². The van der Waals surface area contributed by atoms with Gasteiger partial charge in [0.05, 0.1) is 22.1 Å². The van der Waals surface area contributed by atoms with E-state index in [0.717, 1.165) is 28.8 Å². The lowest BCUT2D eigenvalue weighted by atomic mass is 10.1. The van der Waals surface area contributed by atoms with Crippen LogP contribution in [-0.2, 0) is 15.8 Å². The van der Waals surface area contributed by atoms with Crippen molar-refractivity contribution in [3.05, 3.63) is 63.5 Å². The Morgan fingerprint density at radius 1 is 1.27 bits per heavy atom. The number of alkyl halides is 3. The number of hydrogen-bond donors (Lipinski definition) is 0. The number of carbonyl (C=O) groups is 2. The Morgan fingerprint density at radius 3 is 2.67 bits per heavy atom. The quantitative estimate of drug-likeness (QED) is 0.486. The number of halogens is 4. The highest BCUT2D eigenvalue weighted by Gasteiger charge is 2.36. The standard InChI is InChI=1S/C19H11ClF3NO4S2/c20-12-4-5-14(28-9-16(25)26)10(6-12)7-15-17(27)24(18(29)30-15)13-3-1-2-11(8-13)19(21,22)23/h1-8H,9H2,(H,25,26)/p-1. The Bertz CT molecular complexity index is 1070. The van der Waals surface area contributed by atoms with Crippen molar-refractivity contribution in [1.29, 1.82) is 0 Å². The number of ether oxygens (including phenoxy) is 1. The number of rotatable bonds is 5. The van der Waals surface area contributed by atoms with Gasteiger partial charge in [-0.05, 0) is 42.5 Å². The zero-order valence-electron chi connectivity index (χ0n) is 14.7. The molecule has 2 aromatic carbocycles. The second kappa shape index (κ2) is 8.66. The van der Waals surface area contributed by atoms with Gasteiger partial charge < -0.3 is 14.6 Å². The fourth-order valence-corrected chi connectivity index (χ4v) is 4.02. The Labute approximate surface area is 183 Å². The molecule has 2 aromatic rings. The molecule has 1 heterocycles. The predicted octanol–water partition coefficient (Wildman–Crippen LogP) is 3.89. The van der Waals surface area contributed by atoms with Gasteiger partial charge in [0.25, 0.3) is 5.91 Å². The average molecular weight is 473 g/mol. The molecule has 0 radical (unpaired) electrons. The van der Waals surface area contributed by atoms with Crippen LogP contribution in [0.2, 0.25) is 5.02 Å². The first-order valence-electron chi connectivity index (χ1n) is 8.13. The van der Waals surface area contributed by atoms with E-state index in [0.29, 0.717) is 10.6 Å². The zero-order chi connectivity index (χ0) is 22.1. The van der Waals surface area contributed by atoms with Crippen molar-refractivity contribution in [3.8, 4) is 5.75 Å². The number of aliphatic carboxylic acids is 1. The molecule has 1 aliphatic heterocycles. The minimum absolute atomic E-state index is 0.0183. The highest BCUT2D eigenvalue weighted by molar-refractivity contribution is 8.27. The molecule has 3 rings (SSSR count). The van der Waals surface area contributed by atoms with Crippen molar-refractivity contribution in [1.82, 2.24) is 0 Å². The highest BCUT2D eigenvalue weighted by Crippen LogP contribution is 2.39. The van der Waals surface area contributed by atoms with Crippen molar-refractivity contribution >= 4 is 63.5 Å². The van der Waals surface area contributed by atoms with E-state index in [9.17, 15) is 27.9 Å². The van der Waals surface area contributed by atoms with E-state index in [1.807, 2.05) is 0 Å². The highest BCUT2D eigenvalue weighted by atomic mass is 35.5. The zero-order valence-corrected chi connectivity index (χ0v) is 17.1. The van der Waals surface area contributed by atoms with Gasteiger partial charge in [0, 0.05) is 10.6 Å². The molecular weight excluding hydrogens is 463 g/mol. The number of anilines is 1. The molecule has 0 bridgehead atoms. The lowest BCUT2D eigenvalue weighted by molar-refractivity contribution is -0.307. The molecule has 0 saturated carbocycles. The third kappa shape index (κ3) is 4.94. The third-order valence-electron chi connectivity index (χ3n) is 3.83. The molecule has 156 valence electrons. The van der Waals surface area contributed by atoms with Gasteiger partial charge in [-0.25, -0.2) is 0 Å². The molecule has 5 nitrogen and oxygen atoms in total. The predicted molar refractivity (Wildman–Crippen MR) is 109 cm³/mol. The largest absolute Gasteiger partial charge is 0.546 e. The van der Waals surface area contributed by atoms with Gasteiger partial charge >= 0.3 is 6.18 Å². The summed E-state index contributed by atoms with van der Waals surface area (Å²) in [6.07, 6.45) is -3.19. The molecule has 0 atom stereocenters. The van der Waals surface area contributed by atoms with E-state index in [1.54, 1.807) is 0 Å². The summed E-state index contributed by atoms with van der Waals surface area (Å²) in [4.78, 5) is 24.6. The van der Waals surface area contributed by atoms with Crippen LogP contribution in [0.25, 0.3) is 6.08 Å². The van der Waals surface area contributed by atoms with Crippen molar-refractivity contribution in [2.75, 3.05) is 11.5 Å². The molecule has 1 saturated heterocycles. The summed E-state index contributed by atoms with van der Waals surface area (Å²) in [7, 11) is 0. The molecule has 0 unspecified atom stereocenters. The van der Waals surface area contributed by atoms with Crippen LogP contribution < -0.4 is 14.7 Å². The van der Waals surface area contributed by atoms with E-state index >= 15 is 0 Å². The molecule has 0 aromatic heterocycles. The van der Waals surface area contributed by atoms with Crippen LogP contribution in [0.15, 0.2) is 47.4 Å². The number of thioether (sulfide) groups is 1. The maximum absolute atomic E-state index is 13.0. The summed E-state index contributed by atoms with van der Waals surface area (Å²) < 4.78 is 44.2. The summed E-state index contributed by atoms with van der Waals surface area (Å²) in [5, 5.41) is 11.0. The van der Waals surface area contributed by atoms with Crippen LogP contribution in [0.4, 0.5) is 18.9 Å². The molecule has 1 fully saturated rings. The number of amides is 1. The molecule has 0 aliphatic carbocycles. The maximum atomic E-state index is 13.0. The van der Waals surface area contributed by atoms with Crippen LogP contribution in [0, 0.1) is 0 Å². The first-order chi connectivity index (χ1) is 14.1. The van der Waals surface area contributed by atoms with Crippen LogP contribution in [0.1, 0.15) is 11.1 Å². The average Bonchev–Trinajstić information content (AvgIpc) is 2.93. The van der Waals surface area contributed by atoms with Gasteiger partial charge in [-0.15, -0.1) is 0 Å². The fourth-order valence-electron chi connectivity index (χ4n) is 2.55. The number of carboxylic acids is 1. The van der Waals surface area contributed by atoms with Gasteiger partial charge in [0.2, 0.25) is 0 Å². The smallest absolute Gasteiger partial charge is 0.416 e. The lowest BCUT2D eigenvalue weighted by Crippen LogP contribution is -2.29. The summed E-state index contributed by atoms with van der Waals surface area (Å²) in [6, 6.07) is 8.59. The second-order valence-electron chi connectivity index (χ2n) is 5.91. The molecule has 1 amide bonds. The van der Waals surface area contributed by atoms with E-state index in [2.05, 4.69) is 0 Å². The second-order valence-corrected chi connectivity index (χ2v) is 8.02. The Morgan fingerprint density at radius 2 is 2.00 bits per heavy atom.